The van der Waals surface area contributed by atoms with Gasteiger partial charge in [0.15, 0.2) is 5.96 Å². The molecule has 0 saturated carbocycles. The van der Waals surface area contributed by atoms with Crippen LogP contribution < -0.4 is 10.6 Å². The molecule has 0 radical (unpaired) electrons. The van der Waals surface area contributed by atoms with E-state index >= 15 is 0 Å². The van der Waals surface area contributed by atoms with Crippen molar-refractivity contribution in [1.29, 1.82) is 0 Å². The maximum absolute atomic E-state index is 11.7. The first-order valence-electron chi connectivity index (χ1n) is 8.39. The average Bonchev–Trinajstić information content (AvgIpc) is 3.22. The predicted octanol–water partition coefficient (Wildman–Crippen LogP) is 2.10. The Labute approximate surface area is 143 Å². The minimum Gasteiger partial charge on any atom is -0.356 e. The molecule has 6 heteroatoms. The number of carbonyl (C=O) groups excluding carboxylic acids is 1. The normalized spacial score (nSPS) is 19.7. The van der Waals surface area contributed by atoms with Crippen molar-refractivity contribution >= 4 is 23.2 Å². The second kappa shape index (κ2) is 8.91. The summed E-state index contributed by atoms with van der Waals surface area (Å²) in [5, 5.41) is 8.97. The number of nitrogens with zero attached hydrogens (tertiary/aromatic N) is 2. The van der Waals surface area contributed by atoms with E-state index in [9.17, 15) is 4.79 Å². The van der Waals surface area contributed by atoms with Crippen LogP contribution in [0.2, 0.25) is 0 Å². The van der Waals surface area contributed by atoms with E-state index < -0.39 is 0 Å². The van der Waals surface area contributed by atoms with Gasteiger partial charge in [-0.2, -0.15) is 0 Å². The predicted molar refractivity (Wildman–Crippen MR) is 97.0 cm³/mol. The Morgan fingerprint density at radius 2 is 2.39 bits per heavy atom. The number of likely N-dealkylation sites (tertiary alicyclic amines) is 1. The largest absolute Gasteiger partial charge is 0.356 e. The van der Waals surface area contributed by atoms with Gasteiger partial charge in [0.1, 0.15) is 0 Å². The van der Waals surface area contributed by atoms with Crippen molar-refractivity contribution < 1.29 is 4.79 Å². The van der Waals surface area contributed by atoms with E-state index in [1.54, 1.807) is 7.05 Å². The van der Waals surface area contributed by atoms with E-state index in [-0.39, 0.29) is 5.91 Å². The quantitative estimate of drug-likeness (QED) is 0.618. The monoisotopic (exact) mass is 336 g/mol. The van der Waals surface area contributed by atoms with Crippen LogP contribution in [0, 0.1) is 5.92 Å². The van der Waals surface area contributed by atoms with Crippen LogP contribution in [0.1, 0.15) is 31.6 Å². The summed E-state index contributed by atoms with van der Waals surface area (Å²) in [6, 6.07) is 4.58. The van der Waals surface area contributed by atoms with Crippen LogP contribution in [0.25, 0.3) is 0 Å². The minimum atomic E-state index is 0.238. The van der Waals surface area contributed by atoms with E-state index in [1.165, 1.54) is 4.88 Å². The van der Waals surface area contributed by atoms with Crippen LogP contribution in [-0.4, -0.2) is 49.5 Å². The van der Waals surface area contributed by atoms with Gasteiger partial charge in [-0.25, -0.2) is 0 Å². The lowest BCUT2D eigenvalue weighted by molar-refractivity contribution is -0.129. The highest BCUT2D eigenvalue weighted by Crippen LogP contribution is 2.14. The molecule has 2 rings (SSSR count). The third-order valence-corrected chi connectivity index (χ3v) is 5.05. The number of thiophene rings is 1. The molecular formula is C17H28N4OS. The lowest BCUT2D eigenvalue weighted by Crippen LogP contribution is -2.46. The molecule has 1 amide bonds. The molecule has 0 bridgehead atoms. The Hall–Kier alpha value is -1.56. The molecule has 2 unspecified atom stereocenters. The molecule has 23 heavy (non-hydrogen) atoms. The van der Waals surface area contributed by atoms with Gasteiger partial charge in [-0.3, -0.25) is 9.79 Å². The number of rotatable bonds is 6. The van der Waals surface area contributed by atoms with Crippen LogP contribution in [0.15, 0.2) is 22.5 Å². The Morgan fingerprint density at radius 3 is 3.04 bits per heavy atom. The molecule has 1 saturated heterocycles. The molecule has 2 N–H and O–H groups in total. The molecule has 1 aliphatic heterocycles. The summed E-state index contributed by atoms with van der Waals surface area (Å²) in [6.45, 7) is 6.67. The molecular weight excluding hydrogens is 308 g/mol. The first kappa shape index (κ1) is 17.8. The topological polar surface area (TPSA) is 56.7 Å². The SMILES string of the molecule is CCC(=O)N1CCC(NC(=NC)NCC(C)Cc2cccs2)C1. The van der Waals surface area contributed by atoms with Gasteiger partial charge in [0.05, 0.1) is 0 Å². The van der Waals surface area contributed by atoms with Crippen molar-refractivity contribution in [2.75, 3.05) is 26.7 Å². The molecule has 1 aromatic rings. The van der Waals surface area contributed by atoms with Gasteiger partial charge < -0.3 is 15.5 Å². The summed E-state index contributed by atoms with van der Waals surface area (Å²) in [5.74, 6) is 1.62. The summed E-state index contributed by atoms with van der Waals surface area (Å²) < 4.78 is 0. The van der Waals surface area contributed by atoms with E-state index in [2.05, 4.69) is 40.1 Å². The number of nitrogens with one attached hydrogen (secondary N) is 2. The highest BCUT2D eigenvalue weighted by Gasteiger charge is 2.25. The Bertz CT molecular complexity index is 515. The van der Waals surface area contributed by atoms with Gasteiger partial charge in [0.2, 0.25) is 5.91 Å². The Morgan fingerprint density at radius 1 is 1.57 bits per heavy atom. The molecule has 0 spiro atoms. The van der Waals surface area contributed by atoms with Crippen molar-refractivity contribution in [3.05, 3.63) is 22.4 Å². The van der Waals surface area contributed by atoms with E-state index in [0.29, 0.717) is 18.4 Å². The van der Waals surface area contributed by atoms with Crippen LogP contribution in [0.3, 0.4) is 0 Å². The Balaban J connectivity index is 1.72. The molecule has 1 aromatic heterocycles. The summed E-state index contributed by atoms with van der Waals surface area (Å²) in [4.78, 5) is 19.4. The Kier molecular flexibility index (Phi) is 6.89. The highest BCUT2D eigenvalue weighted by atomic mass is 32.1. The van der Waals surface area contributed by atoms with Crippen LogP contribution in [0.5, 0.6) is 0 Å². The third-order valence-electron chi connectivity index (χ3n) is 4.16. The first-order valence-corrected chi connectivity index (χ1v) is 9.27. The lowest BCUT2D eigenvalue weighted by atomic mass is 10.1. The van der Waals surface area contributed by atoms with Crippen molar-refractivity contribution in [1.82, 2.24) is 15.5 Å². The standard InChI is InChI=1S/C17H28N4OS/c1-4-16(22)21-8-7-14(12-21)20-17(18-3)19-11-13(2)10-15-6-5-9-23-15/h5-6,9,13-14H,4,7-8,10-12H2,1-3H3,(H2,18,19,20). The molecule has 2 heterocycles. The van der Waals surface area contributed by atoms with E-state index in [1.807, 2.05) is 23.2 Å². The van der Waals surface area contributed by atoms with Gasteiger partial charge in [0, 0.05) is 44.0 Å². The third kappa shape index (κ3) is 5.53. The minimum absolute atomic E-state index is 0.238. The number of aliphatic imine (C=N–C) groups is 1. The molecule has 0 aromatic carbocycles. The van der Waals surface area contributed by atoms with Crippen LogP contribution in [-0.2, 0) is 11.2 Å². The zero-order valence-electron chi connectivity index (χ0n) is 14.3. The lowest BCUT2D eigenvalue weighted by Gasteiger charge is -2.20. The zero-order valence-corrected chi connectivity index (χ0v) is 15.2. The van der Waals surface area contributed by atoms with Crippen LogP contribution in [0.4, 0.5) is 0 Å². The number of guanidine groups is 1. The highest BCUT2D eigenvalue weighted by molar-refractivity contribution is 7.09. The van der Waals surface area contributed by atoms with Gasteiger partial charge >= 0.3 is 0 Å². The van der Waals surface area contributed by atoms with Crippen LogP contribution >= 0.6 is 11.3 Å². The molecule has 5 nitrogen and oxygen atoms in total. The summed E-state index contributed by atoms with van der Waals surface area (Å²) in [5.41, 5.74) is 0. The van der Waals surface area contributed by atoms with Crippen molar-refractivity contribution in [3.63, 3.8) is 0 Å². The van der Waals surface area contributed by atoms with Gasteiger partial charge in [-0.05, 0) is 30.2 Å². The fraction of sp³-hybridized carbons (Fsp3) is 0.647. The van der Waals surface area contributed by atoms with Crippen molar-refractivity contribution in [2.45, 2.75) is 39.2 Å². The zero-order chi connectivity index (χ0) is 16.7. The van der Waals surface area contributed by atoms with Gasteiger partial charge in [0.25, 0.3) is 0 Å². The van der Waals surface area contributed by atoms with E-state index in [4.69, 9.17) is 0 Å². The number of hydrogen-bond acceptors (Lipinski definition) is 3. The summed E-state index contributed by atoms with van der Waals surface area (Å²) in [7, 11) is 1.79. The number of hydrogen-bond donors (Lipinski definition) is 2. The summed E-state index contributed by atoms with van der Waals surface area (Å²) in [6.07, 6.45) is 2.65. The average molecular weight is 337 g/mol. The first-order chi connectivity index (χ1) is 11.1. The fourth-order valence-electron chi connectivity index (χ4n) is 2.83. The van der Waals surface area contributed by atoms with E-state index in [0.717, 1.165) is 38.4 Å². The summed E-state index contributed by atoms with van der Waals surface area (Å²) >= 11 is 1.81. The molecule has 1 aliphatic rings. The van der Waals surface area contributed by atoms with Gasteiger partial charge in [-0.1, -0.05) is 19.9 Å². The van der Waals surface area contributed by atoms with Crippen molar-refractivity contribution in [3.8, 4) is 0 Å². The number of carbonyl (C=O) groups is 1. The van der Waals surface area contributed by atoms with Crippen molar-refractivity contribution in [2.24, 2.45) is 10.9 Å². The smallest absolute Gasteiger partial charge is 0.222 e. The second-order valence-corrected chi connectivity index (χ2v) is 7.20. The fourth-order valence-corrected chi connectivity index (χ4v) is 3.70. The maximum atomic E-state index is 11.7. The molecule has 1 fully saturated rings. The molecule has 0 aliphatic carbocycles. The number of amides is 1. The molecule has 128 valence electrons. The second-order valence-electron chi connectivity index (χ2n) is 6.17. The van der Waals surface area contributed by atoms with Gasteiger partial charge in [-0.15, -0.1) is 11.3 Å². The maximum Gasteiger partial charge on any atom is 0.222 e. The molecule has 2 atom stereocenters.